The number of benzene rings is 3. The molecule has 0 fully saturated rings. The van der Waals surface area contributed by atoms with Gasteiger partial charge >= 0.3 is 0 Å². The molecule has 166 valence electrons. The minimum Gasteiger partial charge on any atom is -0.508 e. The number of aliphatic hydroxyl groups is 2. The maximum atomic E-state index is 13.3. The van der Waals surface area contributed by atoms with Crippen molar-refractivity contribution in [2.45, 2.75) is 43.9 Å². The Morgan fingerprint density at radius 3 is 2.41 bits per heavy atom. The van der Waals surface area contributed by atoms with Crippen molar-refractivity contribution < 1.29 is 20.1 Å². The van der Waals surface area contributed by atoms with Crippen LogP contribution in [0.15, 0.2) is 78.9 Å². The summed E-state index contributed by atoms with van der Waals surface area (Å²) >= 11 is 0. The Hall–Kier alpha value is -3.15. The fraction of sp³-hybridized carbons (Fsp3) is 0.296. The normalized spacial score (nSPS) is 19.2. The van der Waals surface area contributed by atoms with Crippen LogP contribution < -0.4 is 5.32 Å². The van der Waals surface area contributed by atoms with Gasteiger partial charge in [0.05, 0.1) is 18.2 Å². The van der Waals surface area contributed by atoms with E-state index >= 15 is 0 Å². The Balaban J connectivity index is 1.50. The predicted octanol–water partition coefficient (Wildman–Crippen LogP) is 3.32. The lowest BCUT2D eigenvalue weighted by Gasteiger charge is -2.24. The molecule has 0 saturated heterocycles. The molecule has 0 saturated carbocycles. The second-order valence-electron chi connectivity index (χ2n) is 8.57. The first-order valence-electron chi connectivity index (χ1n) is 11.1. The monoisotopic (exact) mass is 431 g/mol. The highest BCUT2D eigenvalue weighted by Gasteiger charge is 2.34. The molecule has 1 aliphatic carbocycles. The number of fused-ring (bicyclic) bond motifs is 1. The fourth-order valence-electron chi connectivity index (χ4n) is 4.55. The van der Waals surface area contributed by atoms with Crippen LogP contribution in [-0.4, -0.2) is 33.4 Å². The number of carbonyl (C=O) groups is 1. The van der Waals surface area contributed by atoms with Crippen LogP contribution in [0.1, 0.15) is 34.7 Å². The number of rotatable bonds is 8. The van der Waals surface area contributed by atoms with Crippen molar-refractivity contribution >= 4 is 5.91 Å². The molecule has 3 aromatic carbocycles. The van der Waals surface area contributed by atoms with Gasteiger partial charge in [-0.15, -0.1) is 0 Å². The van der Waals surface area contributed by atoms with E-state index in [1.165, 1.54) is 0 Å². The van der Waals surface area contributed by atoms with Crippen LogP contribution in [0.2, 0.25) is 0 Å². The van der Waals surface area contributed by atoms with Gasteiger partial charge in [0.25, 0.3) is 0 Å². The van der Waals surface area contributed by atoms with E-state index in [-0.39, 0.29) is 24.5 Å². The first-order chi connectivity index (χ1) is 15.5. The minimum atomic E-state index is -0.788. The number of hydrogen-bond acceptors (Lipinski definition) is 4. The van der Waals surface area contributed by atoms with E-state index in [4.69, 9.17) is 0 Å². The Morgan fingerprint density at radius 1 is 0.938 bits per heavy atom. The summed E-state index contributed by atoms with van der Waals surface area (Å²) in [7, 11) is 0. The summed E-state index contributed by atoms with van der Waals surface area (Å²) in [5.74, 6) is -0.523. The summed E-state index contributed by atoms with van der Waals surface area (Å²) in [5, 5.41) is 34.4. The van der Waals surface area contributed by atoms with E-state index in [0.29, 0.717) is 18.4 Å². The van der Waals surface area contributed by atoms with Gasteiger partial charge in [-0.05, 0) is 41.2 Å². The zero-order chi connectivity index (χ0) is 22.5. The van der Waals surface area contributed by atoms with Crippen LogP contribution in [0.5, 0.6) is 5.75 Å². The van der Waals surface area contributed by atoms with E-state index in [0.717, 1.165) is 16.7 Å². The van der Waals surface area contributed by atoms with E-state index in [2.05, 4.69) is 5.32 Å². The second-order valence-corrected chi connectivity index (χ2v) is 8.57. The van der Waals surface area contributed by atoms with Crippen molar-refractivity contribution in [2.75, 3.05) is 0 Å². The van der Waals surface area contributed by atoms with Crippen LogP contribution >= 0.6 is 0 Å². The molecule has 1 aliphatic rings. The van der Waals surface area contributed by atoms with Gasteiger partial charge in [0.1, 0.15) is 5.75 Å². The van der Waals surface area contributed by atoms with Gasteiger partial charge in [-0.25, -0.2) is 0 Å². The summed E-state index contributed by atoms with van der Waals surface area (Å²) in [6.07, 6.45) is 0.0538. The Labute approximate surface area is 188 Å². The molecule has 4 rings (SSSR count). The maximum Gasteiger partial charge on any atom is 0.224 e. The average Bonchev–Trinajstić information content (AvgIpc) is 3.10. The molecule has 0 spiro atoms. The Morgan fingerprint density at radius 2 is 1.62 bits per heavy atom. The molecule has 0 heterocycles. The molecule has 4 atom stereocenters. The molecule has 5 nitrogen and oxygen atoms in total. The SMILES string of the molecule is O=C(N[C@H]1c2ccccc2C[C@H]1O)C(Cc1ccccc1)CC(O)Cc1ccccc1O. The molecule has 1 amide bonds. The van der Waals surface area contributed by atoms with Gasteiger partial charge in [0.15, 0.2) is 0 Å². The first kappa shape index (κ1) is 22.1. The summed E-state index contributed by atoms with van der Waals surface area (Å²) in [5.41, 5.74) is 3.65. The number of aromatic hydroxyl groups is 1. The smallest absolute Gasteiger partial charge is 0.224 e. The third-order valence-electron chi connectivity index (χ3n) is 6.20. The molecule has 4 N–H and O–H groups in total. The van der Waals surface area contributed by atoms with Crippen molar-refractivity contribution in [1.29, 1.82) is 0 Å². The highest BCUT2D eigenvalue weighted by atomic mass is 16.3. The van der Waals surface area contributed by atoms with Crippen LogP contribution in [0.4, 0.5) is 0 Å². The molecule has 5 heteroatoms. The van der Waals surface area contributed by atoms with E-state index in [1.807, 2.05) is 60.7 Å². The van der Waals surface area contributed by atoms with Crippen molar-refractivity contribution in [3.05, 3.63) is 101 Å². The molecule has 2 unspecified atom stereocenters. The minimum absolute atomic E-state index is 0.140. The van der Waals surface area contributed by atoms with Crippen LogP contribution in [0.3, 0.4) is 0 Å². The number of aliphatic hydroxyl groups excluding tert-OH is 2. The number of hydrogen-bond donors (Lipinski definition) is 4. The summed E-state index contributed by atoms with van der Waals surface area (Å²) in [4.78, 5) is 13.3. The van der Waals surface area contributed by atoms with Gasteiger partial charge in [0, 0.05) is 18.8 Å². The van der Waals surface area contributed by atoms with Crippen LogP contribution in [-0.2, 0) is 24.1 Å². The lowest BCUT2D eigenvalue weighted by molar-refractivity contribution is -0.127. The van der Waals surface area contributed by atoms with Crippen molar-refractivity contribution in [3.63, 3.8) is 0 Å². The molecule has 3 aromatic rings. The molecular formula is C27H29NO4. The Bertz CT molecular complexity index is 1050. The summed E-state index contributed by atoms with van der Waals surface area (Å²) in [6, 6.07) is 23.9. The highest BCUT2D eigenvalue weighted by molar-refractivity contribution is 5.79. The lowest BCUT2D eigenvalue weighted by Crippen LogP contribution is -2.39. The number of carbonyl (C=O) groups excluding carboxylic acids is 1. The largest absolute Gasteiger partial charge is 0.508 e. The maximum absolute atomic E-state index is 13.3. The standard InChI is InChI=1S/C27H29NO4/c29-22(15-20-11-5-7-13-24(20)30)16-21(14-18-8-2-1-3-9-18)27(32)28-26-23-12-6-4-10-19(23)17-25(26)31/h1-13,21-22,25-26,29-31H,14-17H2,(H,28,32)/t21?,22?,25-,26+/m1/s1. The van der Waals surface area contributed by atoms with Gasteiger partial charge in [0.2, 0.25) is 5.91 Å². The van der Waals surface area contributed by atoms with E-state index in [9.17, 15) is 20.1 Å². The highest BCUT2D eigenvalue weighted by Crippen LogP contribution is 2.32. The van der Waals surface area contributed by atoms with Crippen LogP contribution in [0.25, 0.3) is 0 Å². The molecule has 0 radical (unpaired) electrons. The summed E-state index contributed by atoms with van der Waals surface area (Å²) in [6.45, 7) is 0. The molecule has 0 aliphatic heterocycles. The van der Waals surface area contributed by atoms with Crippen molar-refractivity contribution in [1.82, 2.24) is 5.32 Å². The van der Waals surface area contributed by atoms with E-state index in [1.54, 1.807) is 18.2 Å². The third-order valence-corrected chi connectivity index (χ3v) is 6.20. The Kier molecular flexibility index (Phi) is 6.88. The number of para-hydroxylation sites is 1. The predicted molar refractivity (Wildman–Crippen MR) is 123 cm³/mol. The van der Waals surface area contributed by atoms with Crippen molar-refractivity contribution in [2.24, 2.45) is 5.92 Å². The average molecular weight is 432 g/mol. The molecular weight excluding hydrogens is 402 g/mol. The topological polar surface area (TPSA) is 89.8 Å². The number of phenols is 1. The molecule has 0 aromatic heterocycles. The van der Waals surface area contributed by atoms with E-state index < -0.39 is 24.2 Å². The zero-order valence-corrected chi connectivity index (χ0v) is 17.9. The number of nitrogens with one attached hydrogen (secondary N) is 1. The zero-order valence-electron chi connectivity index (χ0n) is 17.9. The first-order valence-corrected chi connectivity index (χ1v) is 11.1. The van der Waals surface area contributed by atoms with Crippen LogP contribution in [0, 0.1) is 5.92 Å². The number of phenolic OH excluding ortho intramolecular Hbond substituents is 1. The molecule has 0 bridgehead atoms. The van der Waals surface area contributed by atoms with Gasteiger partial charge in [-0.2, -0.15) is 0 Å². The van der Waals surface area contributed by atoms with Gasteiger partial charge in [-0.1, -0.05) is 72.8 Å². The quantitative estimate of drug-likeness (QED) is 0.441. The molecule has 32 heavy (non-hydrogen) atoms. The third kappa shape index (κ3) is 5.18. The summed E-state index contributed by atoms with van der Waals surface area (Å²) < 4.78 is 0. The van der Waals surface area contributed by atoms with Gasteiger partial charge in [-0.3, -0.25) is 4.79 Å². The van der Waals surface area contributed by atoms with Crippen molar-refractivity contribution in [3.8, 4) is 5.75 Å². The fourth-order valence-corrected chi connectivity index (χ4v) is 4.55. The van der Waals surface area contributed by atoms with Gasteiger partial charge < -0.3 is 20.6 Å². The second kappa shape index (κ2) is 9.98. The lowest BCUT2D eigenvalue weighted by atomic mass is 9.90. The number of amides is 1.